The lowest BCUT2D eigenvalue weighted by atomic mass is 9.84. The van der Waals surface area contributed by atoms with Gasteiger partial charge in [0.2, 0.25) is 5.91 Å². The standard InChI is InChI=1S/C22H23NO4/c1-14-8-10-16(11-9-14)13-27-22(25)21-15(2)23-20(24)12-18(21)17-6-4-5-7-19(17)26-3/h4-11,18H,12-13H2,1-3H3,(H,23,24)/t18-/m0/s1. The highest BCUT2D eigenvalue weighted by Crippen LogP contribution is 2.38. The summed E-state index contributed by atoms with van der Waals surface area (Å²) < 4.78 is 11.0. The van der Waals surface area contributed by atoms with Crippen LogP contribution in [0.2, 0.25) is 0 Å². The van der Waals surface area contributed by atoms with Crippen LogP contribution in [0.25, 0.3) is 0 Å². The summed E-state index contributed by atoms with van der Waals surface area (Å²) in [5, 5.41) is 2.75. The molecule has 0 fully saturated rings. The molecular formula is C22H23NO4. The van der Waals surface area contributed by atoms with E-state index in [1.165, 1.54) is 0 Å². The van der Waals surface area contributed by atoms with Crippen LogP contribution in [-0.2, 0) is 20.9 Å². The van der Waals surface area contributed by atoms with Gasteiger partial charge in [0.1, 0.15) is 12.4 Å². The molecule has 1 N–H and O–H groups in total. The first-order chi connectivity index (χ1) is 13.0. The lowest BCUT2D eigenvalue weighted by molar-refractivity contribution is -0.141. The van der Waals surface area contributed by atoms with Crippen LogP contribution in [-0.4, -0.2) is 19.0 Å². The molecule has 0 radical (unpaired) electrons. The van der Waals surface area contributed by atoms with E-state index in [9.17, 15) is 9.59 Å². The summed E-state index contributed by atoms with van der Waals surface area (Å²) in [6, 6.07) is 15.3. The molecule has 0 spiro atoms. The Balaban J connectivity index is 1.87. The van der Waals surface area contributed by atoms with Crippen LogP contribution in [0.15, 0.2) is 59.8 Å². The third-order valence-electron chi connectivity index (χ3n) is 4.69. The van der Waals surface area contributed by atoms with E-state index < -0.39 is 11.9 Å². The van der Waals surface area contributed by atoms with E-state index in [0.717, 1.165) is 16.7 Å². The van der Waals surface area contributed by atoms with Gasteiger partial charge >= 0.3 is 5.97 Å². The molecule has 1 heterocycles. The lowest BCUT2D eigenvalue weighted by Crippen LogP contribution is -2.34. The number of para-hydroxylation sites is 1. The predicted octanol–water partition coefficient (Wildman–Crippen LogP) is 3.62. The molecule has 0 bridgehead atoms. The molecule has 0 aliphatic carbocycles. The number of allylic oxidation sites excluding steroid dienone is 1. The number of carbonyl (C=O) groups is 2. The first kappa shape index (κ1) is 18.7. The van der Waals surface area contributed by atoms with Gasteiger partial charge in [0, 0.05) is 23.6 Å². The van der Waals surface area contributed by atoms with Crippen molar-refractivity contribution in [3.05, 3.63) is 76.5 Å². The molecule has 0 saturated carbocycles. The Bertz CT molecular complexity index is 883. The largest absolute Gasteiger partial charge is 0.496 e. The maximum Gasteiger partial charge on any atom is 0.336 e. The van der Waals surface area contributed by atoms with Crippen molar-refractivity contribution >= 4 is 11.9 Å². The number of benzene rings is 2. The van der Waals surface area contributed by atoms with Gasteiger partial charge in [-0.2, -0.15) is 0 Å². The van der Waals surface area contributed by atoms with Crippen molar-refractivity contribution in [2.24, 2.45) is 0 Å². The summed E-state index contributed by atoms with van der Waals surface area (Å²) in [5.74, 6) is -0.309. The quantitative estimate of drug-likeness (QED) is 0.822. The molecule has 1 atom stereocenters. The third kappa shape index (κ3) is 4.19. The first-order valence-corrected chi connectivity index (χ1v) is 8.85. The van der Waals surface area contributed by atoms with E-state index in [-0.39, 0.29) is 18.9 Å². The summed E-state index contributed by atoms with van der Waals surface area (Å²) in [7, 11) is 1.58. The van der Waals surface area contributed by atoms with Crippen molar-refractivity contribution in [3.8, 4) is 5.75 Å². The van der Waals surface area contributed by atoms with Crippen molar-refractivity contribution < 1.29 is 19.1 Å². The SMILES string of the molecule is COc1ccccc1[C@@H]1CC(=O)NC(C)=C1C(=O)OCc1ccc(C)cc1. The average Bonchev–Trinajstić information content (AvgIpc) is 2.66. The maximum atomic E-state index is 12.9. The lowest BCUT2D eigenvalue weighted by Gasteiger charge is -2.27. The van der Waals surface area contributed by atoms with Crippen LogP contribution in [0.4, 0.5) is 0 Å². The number of ether oxygens (including phenoxy) is 2. The maximum absolute atomic E-state index is 12.9. The van der Waals surface area contributed by atoms with Gasteiger partial charge in [-0.1, -0.05) is 48.0 Å². The molecule has 27 heavy (non-hydrogen) atoms. The topological polar surface area (TPSA) is 64.6 Å². The smallest absolute Gasteiger partial charge is 0.336 e. The predicted molar refractivity (Wildman–Crippen MR) is 102 cm³/mol. The van der Waals surface area contributed by atoms with E-state index in [0.29, 0.717) is 17.0 Å². The Morgan fingerprint density at radius 1 is 1.11 bits per heavy atom. The van der Waals surface area contributed by atoms with E-state index in [2.05, 4.69) is 5.32 Å². The summed E-state index contributed by atoms with van der Waals surface area (Å²) in [5.41, 5.74) is 3.86. The van der Waals surface area contributed by atoms with Gasteiger partial charge in [-0.05, 0) is 25.5 Å². The molecule has 2 aromatic carbocycles. The second-order valence-corrected chi connectivity index (χ2v) is 6.65. The fourth-order valence-corrected chi connectivity index (χ4v) is 3.30. The molecule has 140 valence electrons. The number of carbonyl (C=O) groups excluding carboxylic acids is 2. The number of nitrogens with one attached hydrogen (secondary N) is 1. The number of amides is 1. The summed E-state index contributed by atoms with van der Waals surface area (Å²) in [6.07, 6.45) is 0.173. The van der Waals surface area contributed by atoms with Crippen molar-refractivity contribution in [2.75, 3.05) is 7.11 Å². The van der Waals surface area contributed by atoms with E-state index in [4.69, 9.17) is 9.47 Å². The zero-order valence-corrected chi connectivity index (χ0v) is 15.7. The van der Waals surface area contributed by atoms with Crippen LogP contribution in [0.3, 0.4) is 0 Å². The molecule has 5 nitrogen and oxygen atoms in total. The van der Waals surface area contributed by atoms with Crippen molar-refractivity contribution in [1.82, 2.24) is 5.32 Å². The van der Waals surface area contributed by atoms with Crippen LogP contribution in [0, 0.1) is 6.92 Å². The van der Waals surface area contributed by atoms with Crippen molar-refractivity contribution in [2.45, 2.75) is 32.8 Å². The highest BCUT2D eigenvalue weighted by molar-refractivity contribution is 5.96. The number of aryl methyl sites for hydroxylation is 1. The minimum atomic E-state index is -0.427. The highest BCUT2D eigenvalue weighted by atomic mass is 16.5. The highest BCUT2D eigenvalue weighted by Gasteiger charge is 2.34. The molecule has 0 unspecified atom stereocenters. The fourth-order valence-electron chi connectivity index (χ4n) is 3.30. The number of hydrogen-bond acceptors (Lipinski definition) is 4. The van der Waals surface area contributed by atoms with Gasteiger partial charge in [0.15, 0.2) is 0 Å². The molecule has 1 aliphatic heterocycles. The minimum absolute atomic E-state index is 0.126. The zero-order chi connectivity index (χ0) is 19.4. The number of hydrogen-bond donors (Lipinski definition) is 1. The second-order valence-electron chi connectivity index (χ2n) is 6.65. The van der Waals surface area contributed by atoms with Crippen LogP contribution < -0.4 is 10.1 Å². The van der Waals surface area contributed by atoms with Gasteiger partial charge in [0.25, 0.3) is 0 Å². The van der Waals surface area contributed by atoms with Gasteiger partial charge in [-0.25, -0.2) is 4.79 Å². The van der Waals surface area contributed by atoms with Crippen LogP contribution in [0.1, 0.15) is 36.0 Å². The van der Waals surface area contributed by atoms with Gasteiger partial charge in [-0.3, -0.25) is 4.79 Å². The van der Waals surface area contributed by atoms with Crippen LogP contribution in [0.5, 0.6) is 5.75 Å². The molecule has 3 rings (SSSR count). The molecule has 1 amide bonds. The monoisotopic (exact) mass is 365 g/mol. The fraction of sp³-hybridized carbons (Fsp3) is 0.273. The van der Waals surface area contributed by atoms with Crippen LogP contribution >= 0.6 is 0 Å². The molecule has 0 saturated heterocycles. The summed E-state index contributed by atoms with van der Waals surface area (Å²) in [6.45, 7) is 3.91. The van der Waals surface area contributed by atoms with Gasteiger partial charge in [0.05, 0.1) is 12.7 Å². The average molecular weight is 365 g/mol. The Morgan fingerprint density at radius 2 is 1.81 bits per heavy atom. The first-order valence-electron chi connectivity index (χ1n) is 8.85. The van der Waals surface area contributed by atoms with E-state index >= 15 is 0 Å². The summed E-state index contributed by atoms with van der Waals surface area (Å²) in [4.78, 5) is 25.0. The van der Waals surface area contributed by atoms with Gasteiger partial charge < -0.3 is 14.8 Å². The van der Waals surface area contributed by atoms with Crippen molar-refractivity contribution in [3.63, 3.8) is 0 Å². The number of rotatable bonds is 5. The second kappa shape index (κ2) is 8.08. The normalized spacial score (nSPS) is 16.7. The Morgan fingerprint density at radius 3 is 2.52 bits per heavy atom. The molecule has 5 heteroatoms. The molecular weight excluding hydrogens is 342 g/mol. The van der Waals surface area contributed by atoms with Crippen molar-refractivity contribution in [1.29, 1.82) is 0 Å². The Kier molecular flexibility index (Phi) is 5.60. The molecule has 0 aromatic heterocycles. The third-order valence-corrected chi connectivity index (χ3v) is 4.69. The number of methoxy groups -OCH3 is 1. The summed E-state index contributed by atoms with van der Waals surface area (Å²) >= 11 is 0. The zero-order valence-electron chi connectivity index (χ0n) is 15.7. The van der Waals surface area contributed by atoms with Gasteiger partial charge in [-0.15, -0.1) is 0 Å². The molecule has 1 aliphatic rings. The number of esters is 1. The molecule has 2 aromatic rings. The Labute approximate surface area is 159 Å². The Hall–Kier alpha value is -3.08. The minimum Gasteiger partial charge on any atom is -0.496 e. The van der Waals surface area contributed by atoms with E-state index in [1.54, 1.807) is 14.0 Å². The van der Waals surface area contributed by atoms with E-state index in [1.807, 2.05) is 55.5 Å².